The van der Waals surface area contributed by atoms with Crippen molar-refractivity contribution in [2.75, 3.05) is 27.9 Å². The van der Waals surface area contributed by atoms with Gasteiger partial charge in [0.2, 0.25) is 5.75 Å². The van der Waals surface area contributed by atoms with Crippen LogP contribution in [0.25, 0.3) is 0 Å². The SMILES string of the molecule is COc1cc2c(cc1O)CN1Cc3c(cc(OC)c(OC)c3O)[C@@H]2C1. The molecule has 0 saturated heterocycles. The molecule has 6 nitrogen and oxygen atoms in total. The summed E-state index contributed by atoms with van der Waals surface area (Å²) in [5, 5.41) is 20.8. The lowest BCUT2D eigenvalue weighted by molar-refractivity contribution is 0.208. The number of fused-ring (bicyclic) bond motifs is 6. The first kappa shape index (κ1) is 15.9. The third kappa shape index (κ3) is 2.28. The number of rotatable bonds is 3. The summed E-state index contributed by atoms with van der Waals surface area (Å²) in [5.74, 6) is 1.71. The highest BCUT2D eigenvalue weighted by Gasteiger charge is 2.36. The Bertz CT molecular complexity index is 848. The van der Waals surface area contributed by atoms with Crippen LogP contribution in [0.15, 0.2) is 18.2 Å². The van der Waals surface area contributed by atoms with Gasteiger partial charge >= 0.3 is 0 Å². The Labute approximate surface area is 146 Å². The summed E-state index contributed by atoms with van der Waals surface area (Å²) >= 11 is 0. The first-order valence-electron chi connectivity index (χ1n) is 8.16. The number of phenols is 2. The lowest BCUT2D eigenvalue weighted by Gasteiger charge is -2.41. The second-order valence-corrected chi connectivity index (χ2v) is 6.47. The molecule has 0 aromatic heterocycles. The van der Waals surface area contributed by atoms with Crippen molar-refractivity contribution in [2.45, 2.75) is 19.0 Å². The molecular formula is C19H21NO5. The Morgan fingerprint density at radius 1 is 0.920 bits per heavy atom. The van der Waals surface area contributed by atoms with Gasteiger partial charge in [-0.15, -0.1) is 0 Å². The normalized spacial score (nSPS) is 20.4. The van der Waals surface area contributed by atoms with E-state index >= 15 is 0 Å². The topological polar surface area (TPSA) is 71.4 Å². The van der Waals surface area contributed by atoms with E-state index in [-0.39, 0.29) is 17.4 Å². The minimum Gasteiger partial charge on any atom is -0.504 e. The predicted molar refractivity (Wildman–Crippen MR) is 91.8 cm³/mol. The second kappa shape index (κ2) is 5.74. The maximum atomic E-state index is 10.7. The largest absolute Gasteiger partial charge is 0.504 e. The van der Waals surface area contributed by atoms with E-state index in [4.69, 9.17) is 14.2 Å². The van der Waals surface area contributed by atoms with Crippen molar-refractivity contribution in [3.8, 4) is 28.7 Å². The van der Waals surface area contributed by atoms with Crippen molar-refractivity contribution < 1.29 is 24.4 Å². The molecule has 2 N–H and O–H groups in total. The van der Waals surface area contributed by atoms with Crippen molar-refractivity contribution in [3.05, 3.63) is 40.5 Å². The maximum Gasteiger partial charge on any atom is 0.203 e. The molecule has 0 fully saturated rings. The molecule has 2 aliphatic rings. The summed E-state index contributed by atoms with van der Waals surface area (Å²) in [5.41, 5.74) is 4.08. The van der Waals surface area contributed by atoms with Crippen LogP contribution in [0, 0.1) is 0 Å². The Hall–Kier alpha value is -2.60. The van der Waals surface area contributed by atoms with E-state index in [0.717, 1.165) is 35.3 Å². The van der Waals surface area contributed by atoms with Crippen molar-refractivity contribution in [1.82, 2.24) is 4.90 Å². The summed E-state index contributed by atoms with van der Waals surface area (Å²) < 4.78 is 16.0. The van der Waals surface area contributed by atoms with Gasteiger partial charge in [-0.3, -0.25) is 4.90 Å². The molecule has 6 heteroatoms. The van der Waals surface area contributed by atoms with Gasteiger partial charge in [-0.25, -0.2) is 0 Å². The van der Waals surface area contributed by atoms with Crippen LogP contribution in [-0.2, 0) is 13.1 Å². The van der Waals surface area contributed by atoms with E-state index < -0.39 is 0 Å². The molecule has 2 aromatic rings. The molecule has 1 unspecified atom stereocenters. The van der Waals surface area contributed by atoms with Gasteiger partial charge in [-0.2, -0.15) is 0 Å². The molecule has 0 radical (unpaired) electrons. The lowest BCUT2D eigenvalue weighted by Crippen LogP contribution is -2.38. The molecule has 0 spiro atoms. The van der Waals surface area contributed by atoms with Crippen LogP contribution >= 0.6 is 0 Å². The second-order valence-electron chi connectivity index (χ2n) is 6.47. The number of aromatic hydroxyl groups is 2. The smallest absolute Gasteiger partial charge is 0.203 e. The average Bonchev–Trinajstić information content (AvgIpc) is 2.61. The number of methoxy groups -OCH3 is 3. The Kier molecular flexibility index (Phi) is 3.65. The van der Waals surface area contributed by atoms with Crippen LogP contribution < -0.4 is 14.2 Å². The molecule has 2 heterocycles. The third-order valence-electron chi connectivity index (χ3n) is 5.19. The Morgan fingerprint density at radius 3 is 2.32 bits per heavy atom. The standard InChI is InChI=1S/C19H21NO5/c1-23-16-5-11-10(4-15(16)21)7-20-8-13(11)12-6-17(24-2)19(25-3)18(22)14(12)9-20/h4-6,13,21-22H,7-9H2,1-3H3/t13-/m1/s1. The average molecular weight is 343 g/mol. The Balaban J connectivity index is 1.92. The summed E-state index contributed by atoms with van der Waals surface area (Å²) in [7, 11) is 4.64. The zero-order chi connectivity index (χ0) is 17.7. The van der Waals surface area contributed by atoms with Crippen LogP contribution in [0.3, 0.4) is 0 Å². The highest BCUT2D eigenvalue weighted by molar-refractivity contribution is 5.63. The minimum atomic E-state index is 0.0766. The Morgan fingerprint density at radius 2 is 1.64 bits per heavy atom. The van der Waals surface area contributed by atoms with Crippen LogP contribution in [0.2, 0.25) is 0 Å². The number of benzene rings is 2. The number of hydrogen-bond acceptors (Lipinski definition) is 6. The number of hydrogen-bond donors (Lipinski definition) is 2. The van der Waals surface area contributed by atoms with E-state index in [1.807, 2.05) is 12.1 Å². The van der Waals surface area contributed by atoms with Gasteiger partial charge in [0.15, 0.2) is 23.0 Å². The van der Waals surface area contributed by atoms with Gasteiger partial charge in [0, 0.05) is 31.1 Å². The molecule has 2 atom stereocenters. The maximum absolute atomic E-state index is 10.7. The fourth-order valence-corrected chi connectivity index (χ4v) is 4.03. The minimum absolute atomic E-state index is 0.0766. The molecule has 4 rings (SSSR count). The lowest BCUT2D eigenvalue weighted by atomic mass is 9.79. The highest BCUT2D eigenvalue weighted by Crippen LogP contribution is 2.50. The van der Waals surface area contributed by atoms with E-state index in [1.165, 1.54) is 7.11 Å². The van der Waals surface area contributed by atoms with Gasteiger partial charge in [0.05, 0.1) is 21.3 Å². The monoisotopic (exact) mass is 343 g/mol. The van der Waals surface area contributed by atoms with E-state index in [9.17, 15) is 10.2 Å². The van der Waals surface area contributed by atoms with Crippen molar-refractivity contribution in [2.24, 2.45) is 0 Å². The molecule has 0 saturated carbocycles. The molecule has 0 aliphatic carbocycles. The summed E-state index contributed by atoms with van der Waals surface area (Å²) in [4.78, 5) is 2.26. The molecule has 0 amide bonds. The van der Waals surface area contributed by atoms with Crippen LogP contribution in [-0.4, -0.2) is 43.0 Å². The molecule has 132 valence electrons. The van der Waals surface area contributed by atoms with E-state index in [1.54, 1.807) is 20.3 Å². The summed E-state index contributed by atoms with van der Waals surface area (Å²) in [6.07, 6.45) is 0. The van der Waals surface area contributed by atoms with Crippen LogP contribution in [0.5, 0.6) is 28.7 Å². The molecule has 2 aromatic carbocycles. The fraction of sp³-hybridized carbons (Fsp3) is 0.368. The number of nitrogens with zero attached hydrogens (tertiary/aromatic N) is 1. The van der Waals surface area contributed by atoms with Crippen LogP contribution in [0.4, 0.5) is 0 Å². The molecule has 25 heavy (non-hydrogen) atoms. The number of ether oxygens (including phenoxy) is 3. The zero-order valence-electron chi connectivity index (χ0n) is 14.5. The van der Waals surface area contributed by atoms with E-state index in [2.05, 4.69) is 4.90 Å². The summed E-state index contributed by atoms with van der Waals surface area (Å²) in [6.45, 7) is 2.20. The fourth-order valence-electron chi connectivity index (χ4n) is 4.03. The quantitative estimate of drug-likeness (QED) is 0.893. The van der Waals surface area contributed by atoms with Crippen molar-refractivity contribution in [1.29, 1.82) is 0 Å². The number of phenolic OH excluding ortho intramolecular Hbond substituents is 2. The van der Waals surface area contributed by atoms with Gasteiger partial charge in [-0.05, 0) is 34.9 Å². The van der Waals surface area contributed by atoms with Gasteiger partial charge < -0.3 is 24.4 Å². The van der Waals surface area contributed by atoms with E-state index in [0.29, 0.717) is 23.8 Å². The predicted octanol–water partition coefficient (Wildman–Crippen LogP) is 2.58. The first-order chi connectivity index (χ1) is 12.1. The molecular weight excluding hydrogens is 322 g/mol. The molecule has 2 bridgehead atoms. The van der Waals surface area contributed by atoms with Crippen molar-refractivity contribution >= 4 is 0 Å². The molecule has 2 aliphatic heterocycles. The van der Waals surface area contributed by atoms with Gasteiger partial charge in [0.25, 0.3) is 0 Å². The van der Waals surface area contributed by atoms with Crippen LogP contribution in [0.1, 0.15) is 28.2 Å². The van der Waals surface area contributed by atoms with Gasteiger partial charge in [-0.1, -0.05) is 0 Å². The van der Waals surface area contributed by atoms with Gasteiger partial charge in [0.1, 0.15) is 0 Å². The first-order valence-corrected chi connectivity index (χ1v) is 8.16. The van der Waals surface area contributed by atoms with Crippen molar-refractivity contribution in [3.63, 3.8) is 0 Å². The third-order valence-corrected chi connectivity index (χ3v) is 5.19. The summed E-state index contributed by atoms with van der Waals surface area (Å²) in [6, 6.07) is 5.62. The highest BCUT2D eigenvalue weighted by atomic mass is 16.5. The zero-order valence-corrected chi connectivity index (χ0v) is 14.5.